The highest BCUT2D eigenvalue weighted by Crippen LogP contribution is 2.25. The highest BCUT2D eigenvalue weighted by molar-refractivity contribution is 5.70. The van der Waals surface area contributed by atoms with Crippen molar-refractivity contribution in [2.75, 3.05) is 0 Å². The zero-order chi connectivity index (χ0) is 11.5. The Hall–Kier alpha value is -2.28. The van der Waals surface area contributed by atoms with Crippen LogP contribution in [0, 0.1) is 23.0 Å². The number of hydrogen-bond donors (Lipinski definition) is 0. The summed E-state index contributed by atoms with van der Waals surface area (Å²) in [4.78, 5) is 3.77. The monoisotopic (exact) mass is 216 g/mol. The van der Waals surface area contributed by atoms with Crippen LogP contribution >= 0.6 is 0 Å². The van der Waals surface area contributed by atoms with Crippen LogP contribution in [0.3, 0.4) is 0 Å². The van der Waals surface area contributed by atoms with Gasteiger partial charge >= 0.3 is 0 Å². The van der Waals surface area contributed by atoms with Crippen LogP contribution in [0.2, 0.25) is 0 Å². The molecule has 2 rings (SSSR count). The van der Waals surface area contributed by atoms with Crippen molar-refractivity contribution >= 4 is 0 Å². The first kappa shape index (κ1) is 10.2. The van der Waals surface area contributed by atoms with E-state index in [1.807, 2.05) is 6.07 Å². The number of halogens is 2. The summed E-state index contributed by atoms with van der Waals surface area (Å²) in [5, 5.41) is 8.84. The van der Waals surface area contributed by atoms with Crippen molar-refractivity contribution in [3.05, 3.63) is 53.9 Å². The third-order valence-corrected chi connectivity index (χ3v) is 2.16. The number of benzene rings is 1. The van der Waals surface area contributed by atoms with Gasteiger partial charge in [-0.1, -0.05) is 0 Å². The molecule has 78 valence electrons. The minimum absolute atomic E-state index is 0.195. The first-order valence-electron chi connectivity index (χ1n) is 4.52. The molecule has 16 heavy (non-hydrogen) atoms. The Morgan fingerprint density at radius 1 is 1.12 bits per heavy atom. The summed E-state index contributed by atoms with van der Waals surface area (Å²) in [6.45, 7) is 0. The molecule has 1 aromatic heterocycles. The Bertz CT molecular complexity index is 573. The Labute approximate surface area is 90.8 Å². The topological polar surface area (TPSA) is 36.7 Å². The first-order valence-corrected chi connectivity index (χ1v) is 4.52. The van der Waals surface area contributed by atoms with Crippen LogP contribution in [0.4, 0.5) is 8.78 Å². The van der Waals surface area contributed by atoms with Gasteiger partial charge < -0.3 is 0 Å². The molecule has 0 unspecified atom stereocenters. The molecule has 0 spiro atoms. The van der Waals surface area contributed by atoms with Gasteiger partial charge in [0.2, 0.25) is 0 Å². The molecule has 0 aliphatic rings. The standard InChI is InChI=1S/C12H6F2N2/c13-9-1-2-11(12(14)5-9)10-3-4-16-7-8(10)6-15/h1-5,7H. The van der Waals surface area contributed by atoms with Gasteiger partial charge in [0.1, 0.15) is 17.7 Å². The molecular formula is C12H6F2N2. The van der Waals surface area contributed by atoms with Gasteiger partial charge in [0.15, 0.2) is 0 Å². The molecule has 0 amide bonds. The van der Waals surface area contributed by atoms with Crippen LogP contribution in [0.5, 0.6) is 0 Å². The predicted molar refractivity (Wildman–Crippen MR) is 54.3 cm³/mol. The Morgan fingerprint density at radius 3 is 2.62 bits per heavy atom. The fraction of sp³-hybridized carbons (Fsp3) is 0. The predicted octanol–water partition coefficient (Wildman–Crippen LogP) is 2.90. The first-order chi connectivity index (χ1) is 7.72. The van der Waals surface area contributed by atoms with Crippen molar-refractivity contribution < 1.29 is 8.78 Å². The maximum atomic E-state index is 13.5. The largest absolute Gasteiger partial charge is 0.263 e. The fourth-order valence-electron chi connectivity index (χ4n) is 1.43. The third kappa shape index (κ3) is 1.75. The van der Waals surface area contributed by atoms with E-state index in [1.54, 1.807) is 0 Å². The smallest absolute Gasteiger partial charge is 0.133 e. The molecule has 0 N–H and O–H groups in total. The lowest BCUT2D eigenvalue weighted by atomic mass is 10.0. The van der Waals surface area contributed by atoms with Gasteiger partial charge in [-0.3, -0.25) is 4.98 Å². The second-order valence-corrected chi connectivity index (χ2v) is 3.16. The number of nitriles is 1. The van der Waals surface area contributed by atoms with Crippen molar-refractivity contribution in [1.29, 1.82) is 5.26 Å². The summed E-state index contributed by atoms with van der Waals surface area (Å²) in [6, 6.07) is 6.68. The van der Waals surface area contributed by atoms with Crippen LogP contribution in [-0.4, -0.2) is 4.98 Å². The van der Waals surface area contributed by atoms with Crippen molar-refractivity contribution in [3.63, 3.8) is 0 Å². The van der Waals surface area contributed by atoms with Gasteiger partial charge in [-0.2, -0.15) is 5.26 Å². The molecule has 0 atom stereocenters. The summed E-state index contributed by atoms with van der Waals surface area (Å²) >= 11 is 0. The van der Waals surface area contributed by atoms with Crippen molar-refractivity contribution in [2.45, 2.75) is 0 Å². The van der Waals surface area contributed by atoms with Crippen molar-refractivity contribution in [2.24, 2.45) is 0 Å². The van der Waals surface area contributed by atoms with Gasteiger partial charge in [-0.15, -0.1) is 0 Å². The van der Waals surface area contributed by atoms with E-state index < -0.39 is 11.6 Å². The Kier molecular flexibility index (Phi) is 2.61. The molecule has 0 fully saturated rings. The quantitative estimate of drug-likeness (QED) is 0.734. The van der Waals surface area contributed by atoms with E-state index >= 15 is 0 Å². The van der Waals surface area contributed by atoms with E-state index in [1.165, 1.54) is 24.5 Å². The molecule has 0 saturated carbocycles. The summed E-state index contributed by atoms with van der Waals surface area (Å²) < 4.78 is 26.2. The summed E-state index contributed by atoms with van der Waals surface area (Å²) in [5.74, 6) is -1.34. The Morgan fingerprint density at radius 2 is 1.94 bits per heavy atom. The zero-order valence-electron chi connectivity index (χ0n) is 8.11. The summed E-state index contributed by atoms with van der Waals surface area (Å²) in [5.41, 5.74) is 0.864. The summed E-state index contributed by atoms with van der Waals surface area (Å²) in [7, 11) is 0. The van der Waals surface area contributed by atoms with Crippen LogP contribution in [0.1, 0.15) is 5.56 Å². The maximum Gasteiger partial charge on any atom is 0.133 e. The molecule has 1 heterocycles. The zero-order valence-corrected chi connectivity index (χ0v) is 8.11. The molecule has 2 aromatic rings. The van der Waals surface area contributed by atoms with Crippen LogP contribution in [0.15, 0.2) is 36.7 Å². The second-order valence-electron chi connectivity index (χ2n) is 3.16. The lowest BCUT2D eigenvalue weighted by Crippen LogP contribution is -1.90. The van der Waals surface area contributed by atoms with E-state index in [4.69, 9.17) is 5.26 Å². The normalized spacial score (nSPS) is 9.81. The lowest BCUT2D eigenvalue weighted by molar-refractivity contribution is 0.585. The van der Waals surface area contributed by atoms with Gasteiger partial charge in [0, 0.05) is 29.6 Å². The van der Waals surface area contributed by atoms with Crippen LogP contribution in [-0.2, 0) is 0 Å². The average molecular weight is 216 g/mol. The molecule has 2 nitrogen and oxygen atoms in total. The number of rotatable bonds is 1. The van der Waals surface area contributed by atoms with Gasteiger partial charge in [-0.25, -0.2) is 8.78 Å². The number of pyridine rings is 1. The number of aromatic nitrogens is 1. The van der Waals surface area contributed by atoms with E-state index in [0.717, 1.165) is 12.1 Å². The molecule has 0 aliphatic heterocycles. The third-order valence-electron chi connectivity index (χ3n) is 2.16. The van der Waals surface area contributed by atoms with Gasteiger partial charge in [0.05, 0.1) is 5.56 Å². The van der Waals surface area contributed by atoms with E-state index in [-0.39, 0.29) is 11.1 Å². The number of hydrogen-bond acceptors (Lipinski definition) is 2. The van der Waals surface area contributed by atoms with Crippen LogP contribution in [0.25, 0.3) is 11.1 Å². The molecule has 0 saturated heterocycles. The molecule has 0 aliphatic carbocycles. The van der Waals surface area contributed by atoms with Gasteiger partial charge in [-0.05, 0) is 18.2 Å². The molecule has 1 aromatic carbocycles. The minimum atomic E-state index is -0.692. The maximum absolute atomic E-state index is 13.5. The minimum Gasteiger partial charge on any atom is -0.263 e. The fourth-order valence-corrected chi connectivity index (χ4v) is 1.43. The molecule has 4 heteroatoms. The average Bonchev–Trinajstić information content (AvgIpc) is 2.29. The SMILES string of the molecule is N#Cc1cnccc1-c1ccc(F)cc1F. The van der Waals surface area contributed by atoms with E-state index in [2.05, 4.69) is 4.98 Å². The second kappa shape index (κ2) is 4.07. The van der Waals surface area contributed by atoms with E-state index in [9.17, 15) is 8.78 Å². The van der Waals surface area contributed by atoms with Gasteiger partial charge in [0.25, 0.3) is 0 Å². The number of nitrogens with zero attached hydrogens (tertiary/aromatic N) is 2. The highest BCUT2D eigenvalue weighted by atomic mass is 19.1. The molecule has 0 radical (unpaired) electrons. The van der Waals surface area contributed by atoms with Crippen molar-refractivity contribution in [3.8, 4) is 17.2 Å². The highest BCUT2D eigenvalue weighted by Gasteiger charge is 2.10. The van der Waals surface area contributed by atoms with E-state index in [0.29, 0.717) is 5.56 Å². The van der Waals surface area contributed by atoms with Crippen molar-refractivity contribution in [1.82, 2.24) is 4.98 Å². The van der Waals surface area contributed by atoms with Crippen LogP contribution < -0.4 is 0 Å². The summed E-state index contributed by atoms with van der Waals surface area (Å²) in [6.07, 6.45) is 2.80. The Balaban J connectivity index is 2.64. The lowest BCUT2D eigenvalue weighted by Gasteiger charge is -2.04. The molecular weight excluding hydrogens is 210 g/mol. The molecule has 0 bridgehead atoms.